The summed E-state index contributed by atoms with van der Waals surface area (Å²) in [5.74, 6) is -0.617. The van der Waals surface area contributed by atoms with Crippen LogP contribution in [-0.4, -0.2) is 11.1 Å². The molecule has 3 aromatic rings. The van der Waals surface area contributed by atoms with E-state index in [9.17, 15) is 9.18 Å². The minimum Gasteiger partial charge on any atom is -0.488 e. The number of aromatic carboxylic acids is 1. The Balaban J connectivity index is 1.68. The van der Waals surface area contributed by atoms with Crippen LogP contribution in [0.5, 0.6) is 5.75 Å². The number of benzene rings is 3. The number of ether oxygens (including phenoxy) is 1. The van der Waals surface area contributed by atoms with E-state index in [1.807, 2.05) is 24.3 Å². The van der Waals surface area contributed by atoms with E-state index in [1.165, 1.54) is 6.07 Å². The Morgan fingerprint density at radius 2 is 1.69 bits per heavy atom. The van der Waals surface area contributed by atoms with E-state index in [0.717, 1.165) is 5.56 Å². The van der Waals surface area contributed by atoms with Crippen molar-refractivity contribution in [2.45, 2.75) is 13.2 Å². The largest absolute Gasteiger partial charge is 0.488 e. The molecule has 3 aromatic carbocycles. The summed E-state index contributed by atoms with van der Waals surface area (Å²) in [6.07, 6.45) is 0. The van der Waals surface area contributed by atoms with Gasteiger partial charge in [0.1, 0.15) is 18.2 Å². The predicted octanol–water partition coefficient (Wildman–Crippen LogP) is 4.72. The van der Waals surface area contributed by atoms with E-state index in [1.54, 1.807) is 42.5 Å². The van der Waals surface area contributed by atoms with Crippen LogP contribution in [0.3, 0.4) is 0 Å². The first-order valence-electron chi connectivity index (χ1n) is 8.15. The second-order valence-electron chi connectivity index (χ2n) is 5.73. The first kappa shape index (κ1) is 17.5. The minimum atomic E-state index is -0.970. The Kier molecular flexibility index (Phi) is 5.49. The number of para-hydroxylation sites is 1. The molecule has 0 aromatic heterocycles. The third kappa shape index (κ3) is 4.39. The fourth-order valence-corrected chi connectivity index (χ4v) is 2.52. The van der Waals surface area contributed by atoms with Crippen LogP contribution in [0.1, 0.15) is 21.5 Å². The highest BCUT2D eigenvalue weighted by Crippen LogP contribution is 2.22. The molecule has 0 aliphatic heterocycles. The van der Waals surface area contributed by atoms with Gasteiger partial charge in [-0.1, -0.05) is 42.5 Å². The van der Waals surface area contributed by atoms with Gasteiger partial charge in [-0.3, -0.25) is 0 Å². The summed E-state index contributed by atoms with van der Waals surface area (Å²) in [5.41, 5.74) is 2.31. The summed E-state index contributed by atoms with van der Waals surface area (Å²) in [7, 11) is 0. The third-order valence-corrected chi connectivity index (χ3v) is 3.91. The van der Waals surface area contributed by atoms with Gasteiger partial charge in [0.2, 0.25) is 0 Å². The topological polar surface area (TPSA) is 58.6 Å². The second kappa shape index (κ2) is 8.16. The fourth-order valence-electron chi connectivity index (χ4n) is 2.52. The quantitative estimate of drug-likeness (QED) is 0.647. The molecular weight excluding hydrogens is 333 g/mol. The van der Waals surface area contributed by atoms with E-state index < -0.39 is 5.97 Å². The molecule has 0 spiro atoms. The van der Waals surface area contributed by atoms with Crippen LogP contribution >= 0.6 is 0 Å². The number of halogens is 1. The Bertz CT molecular complexity index is 911. The lowest BCUT2D eigenvalue weighted by Crippen LogP contribution is -2.05. The van der Waals surface area contributed by atoms with Crippen molar-refractivity contribution in [3.8, 4) is 5.75 Å². The molecule has 0 amide bonds. The third-order valence-electron chi connectivity index (χ3n) is 3.91. The van der Waals surface area contributed by atoms with Gasteiger partial charge in [0, 0.05) is 23.4 Å². The minimum absolute atomic E-state index is 0.137. The van der Waals surface area contributed by atoms with Crippen molar-refractivity contribution < 1.29 is 19.0 Å². The Morgan fingerprint density at radius 3 is 2.46 bits per heavy atom. The van der Waals surface area contributed by atoms with Gasteiger partial charge >= 0.3 is 5.97 Å². The lowest BCUT2D eigenvalue weighted by molar-refractivity contribution is 0.0697. The average molecular weight is 351 g/mol. The van der Waals surface area contributed by atoms with E-state index in [-0.39, 0.29) is 18.0 Å². The van der Waals surface area contributed by atoms with Crippen LogP contribution in [0, 0.1) is 5.82 Å². The van der Waals surface area contributed by atoms with Crippen molar-refractivity contribution >= 4 is 11.7 Å². The molecule has 0 heterocycles. The van der Waals surface area contributed by atoms with Gasteiger partial charge in [-0.2, -0.15) is 0 Å². The molecule has 0 fully saturated rings. The Morgan fingerprint density at radius 1 is 0.962 bits per heavy atom. The van der Waals surface area contributed by atoms with Crippen molar-refractivity contribution in [3.63, 3.8) is 0 Å². The normalized spacial score (nSPS) is 10.3. The van der Waals surface area contributed by atoms with Gasteiger partial charge in [0.05, 0.1) is 5.56 Å². The highest BCUT2D eigenvalue weighted by Gasteiger charge is 2.07. The van der Waals surface area contributed by atoms with E-state index in [4.69, 9.17) is 9.84 Å². The second-order valence-corrected chi connectivity index (χ2v) is 5.73. The average Bonchev–Trinajstić information content (AvgIpc) is 2.66. The smallest absolute Gasteiger partial charge is 0.335 e. The molecule has 5 heteroatoms. The van der Waals surface area contributed by atoms with Gasteiger partial charge in [0.25, 0.3) is 0 Å². The van der Waals surface area contributed by atoms with E-state index in [0.29, 0.717) is 23.5 Å². The SMILES string of the molecule is O=C(O)c1cccc(NCc2ccccc2OCc2ccccc2F)c1. The monoisotopic (exact) mass is 351 g/mol. The number of rotatable bonds is 7. The van der Waals surface area contributed by atoms with Crippen LogP contribution in [0.25, 0.3) is 0 Å². The number of nitrogens with one attached hydrogen (secondary N) is 1. The van der Waals surface area contributed by atoms with Gasteiger partial charge < -0.3 is 15.2 Å². The molecule has 0 bridgehead atoms. The van der Waals surface area contributed by atoms with Crippen molar-refractivity contribution in [1.29, 1.82) is 0 Å². The molecule has 132 valence electrons. The number of carboxylic acids is 1. The summed E-state index contributed by atoms with van der Waals surface area (Å²) in [6, 6.07) is 20.6. The number of hydrogen-bond acceptors (Lipinski definition) is 3. The molecular formula is C21H18FNO3. The lowest BCUT2D eigenvalue weighted by atomic mass is 10.1. The summed E-state index contributed by atoms with van der Waals surface area (Å²) in [4.78, 5) is 11.1. The number of anilines is 1. The van der Waals surface area contributed by atoms with Crippen molar-refractivity contribution in [2.24, 2.45) is 0 Å². The van der Waals surface area contributed by atoms with Crippen molar-refractivity contribution in [3.05, 3.63) is 95.3 Å². The van der Waals surface area contributed by atoms with E-state index in [2.05, 4.69) is 5.32 Å². The maximum Gasteiger partial charge on any atom is 0.335 e. The number of carboxylic acid groups (broad SMARTS) is 1. The standard InChI is InChI=1S/C21H18FNO3/c22-19-10-3-1-7-17(19)14-26-20-11-4-2-6-16(20)13-23-18-9-5-8-15(12-18)21(24)25/h1-12,23H,13-14H2,(H,24,25). The maximum atomic E-state index is 13.7. The van der Waals surface area contributed by atoms with Gasteiger partial charge in [0.15, 0.2) is 0 Å². The molecule has 0 saturated heterocycles. The van der Waals surface area contributed by atoms with Crippen LogP contribution in [-0.2, 0) is 13.2 Å². The zero-order chi connectivity index (χ0) is 18.4. The van der Waals surface area contributed by atoms with Gasteiger partial charge in [-0.15, -0.1) is 0 Å². The molecule has 26 heavy (non-hydrogen) atoms. The molecule has 0 saturated carbocycles. The summed E-state index contributed by atoms with van der Waals surface area (Å²) in [6.45, 7) is 0.592. The first-order chi connectivity index (χ1) is 12.6. The summed E-state index contributed by atoms with van der Waals surface area (Å²) < 4.78 is 19.5. The Labute approximate surface area is 150 Å². The number of carbonyl (C=O) groups is 1. The van der Waals surface area contributed by atoms with Crippen molar-refractivity contribution in [1.82, 2.24) is 0 Å². The molecule has 2 N–H and O–H groups in total. The highest BCUT2D eigenvalue weighted by atomic mass is 19.1. The van der Waals surface area contributed by atoms with Crippen LogP contribution in [0.2, 0.25) is 0 Å². The zero-order valence-electron chi connectivity index (χ0n) is 14.0. The fraction of sp³-hybridized carbons (Fsp3) is 0.0952. The van der Waals surface area contributed by atoms with E-state index >= 15 is 0 Å². The first-order valence-corrected chi connectivity index (χ1v) is 8.15. The van der Waals surface area contributed by atoms with Gasteiger partial charge in [-0.25, -0.2) is 9.18 Å². The highest BCUT2D eigenvalue weighted by molar-refractivity contribution is 5.88. The number of hydrogen-bond donors (Lipinski definition) is 2. The summed E-state index contributed by atoms with van der Waals surface area (Å²) >= 11 is 0. The zero-order valence-corrected chi connectivity index (χ0v) is 14.0. The van der Waals surface area contributed by atoms with Crippen LogP contribution in [0.4, 0.5) is 10.1 Å². The summed E-state index contributed by atoms with van der Waals surface area (Å²) in [5, 5.41) is 12.2. The van der Waals surface area contributed by atoms with Gasteiger partial charge in [-0.05, 0) is 30.3 Å². The molecule has 0 radical (unpaired) electrons. The molecule has 3 rings (SSSR count). The van der Waals surface area contributed by atoms with Crippen LogP contribution < -0.4 is 10.1 Å². The van der Waals surface area contributed by atoms with Crippen LogP contribution in [0.15, 0.2) is 72.8 Å². The molecule has 4 nitrogen and oxygen atoms in total. The molecule has 0 unspecified atom stereocenters. The molecule has 0 aliphatic rings. The Hall–Kier alpha value is -3.34. The van der Waals surface area contributed by atoms with Crippen molar-refractivity contribution in [2.75, 3.05) is 5.32 Å². The lowest BCUT2D eigenvalue weighted by Gasteiger charge is -2.13. The molecule has 0 atom stereocenters. The molecule has 0 aliphatic carbocycles. The maximum absolute atomic E-state index is 13.7. The predicted molar refractivity (Wildman–Crippen MR) is 97.9 cm³/mol.